The van der Waals surface area contributed by atoms with Gasteiger partial charge < -0.3 is 9.72 Å². The van der Waals surface area contributed by atoms with Gasteiger partial charge in [0.05, 0.1) is 12.8 Å². The molecule has 0 atom stereocenters. The van der Waals surface area contributed by atoms with Gasteiger partial charge in [0.15, 0.2) is 0 Å². The number of halogens is 1. The van der Waals surface area contributed by atoms with Crippen molar-refractivity contribution < 1.29 is 9.13 Å². The van der Waals surface area contributed by atoms with E-state index in [0.717, 1.165) is 0 Å². The van der Waals surface area contributed by atoms with E-state index in [1.54, 1.807) is 24.3 Å². The summed E-state index contributed by atoms with van der Waals surface area (Å²) in [6.45, 7) is 0. The van der Waals surface area contributed by atoms with Crippen LogP contribution in [-0.2, 0) is 0 Å². The van der Waals surface area contributed by atoms with E-state index in [1.165, 1.54) is 19.2 Å². The van der Waals surface area contributed by atoms with Gasteiger partial charge in [-0.05, 0) is 18.2 Å². The summed E-state index contributed by atoms with van der Waals surface area (Å²) < 4.78 is 18.6. The largest absolute Gasteiger partial charge is 0.497 e. The lowest BCUT2D eigenvalue weighted by atomic mass is 10.1. The number of benzene rings is 1. The molecular formula is C12H10FNO2. The molecular weight excluding hydrogens is 209 g/mol. The highest BCUT2D eigenvalue weighted by atomic mass is 19.1. The molecule has 0 spiro atoms. The van der Waals surface area contributed by atoms with Gasteiger partial charge in [-0.15, -0.1) is 0 Å². The first-order valence-electron chi connectivity index (χ1n) is 4.74. The monoisotopic (exact) mass is 219 g/mol. The highest BCUT2D eigenvalue weighted by Crippen LogP contribution is 2.23. The van der Waals surface area contributed by atoms with Gasteiger partial charge in [-0.25, -0.2) is 4.39 Å². The van der Waals surface area contributed by atoms with Crippen LogP contribution in [-0.4, -0.2) is 12.1 Å². The topological polar surface area (TPSA) is 42.1 Å². The molecule has 0 fully saturated rings. The lowest BCUT2D eigenvalue weighted by Crippen LogP contribution is -2.04. The fourth-order valence-corrected chi connectivity index (χ4v) is 1.45. The number of ether oxygens (including phenoxy) is 1. The fourth-order valence-electron chi connectivity index (χ4n) is 1.45. The first-order valence-corrected chi connectivity index (χ1v) is 4.74. The van der Waals surface area contributed by atoms with E-state index in [0.29, 0.717) is 17.0 Å². The third-order valence-corrected chi connectivity index (χ3v) is 2.23. The number of aromatic nitrogens is 1. The SMILES string of the molecule is COc1ccc(-c2cccc(=O)[nH]2)c(F)c1. The Bertz CT molecular complexity index is 563. The molecule has 1 heterocycles. The van der Waals surface area contributed by atoms with Crippen LogP contribution in [0.3, 0.4) is 0 Å². The Morgan fingerprint density at radius 1 is 1.25 bits per heavy atom. The van der Waals surface area contributed by atoms with Crippen LogP contribution in [0.1, 0.15) is 0 Å². The van der Waals surface area contributed by atoms with Gasteiger partial charge in [-0.1, -0.05) is 6.07 Å². The average Bonchev–Trinajstić information content (AvgIpc) is 2.28. The summed E-state index contributed by atoms with van der Waals surface area (Å²) in [7, 11) is 1.47. The lowest BCUT2D eigenvalue weighted by Gasteiger charge is -2.05. The molecule has 0 radical (unpaired) electrons. The zero-order valence-electron chi connectivity index (χ0n) is 8.66. The highest BCUT2D eigenvalue weighted by Gasteiger charge is 2.06. The maximum atomic E-state index is 13.7. The molecule has 2 rings (SSSR count). The maximum Gasteiger partial charge on any atom is 0.248 e. The second kappa shape index (κ2) is 4.18. The third-order valence-electron chi connectivity index (χ3n) is 2.23. The number of aromatic amines is 1. The molecule has 1 aromatic heterocycles. The molecule has 82 valence electrons. The molecule has 0 aliphatic heterocycles. The van der Waals surface area contributed by atoms with Crippen molar-refractivity contribution in [3.63, 3.8) is 0 Å². The van der Waals surface area contributed by atoms with Crippen molar-refractivity contribution in [2.75, 3.05) is 7.11 Å². The minimum atomic E-state index is -0.429. The van der Waals surface area contributed by atoms with Crippen LogP contribution in [0.2, 0.25) is 0 Å². The Balaban J connectivity index is 2.52. The van der Waals surface area contributed by atoms with Crippen molar-refractivity contribution in [3.8, 4) is 17.0 Å². The van der Waals surface area contributed by atoms with E-state index in [-0.39, 0.29) is 5.56 Å². The minimum Gasteiger partial charge on any atom is -0.497 e. The normalized spacial score (nSPS) is 10.1. The average molecular weight is 219 g/mol. The van der Waals surface area contributed by atoms with E-state index in [2.05, 4.69) is 4.98 Å². The lowest BCUT2D eigenvalue weighted by molar-refractivity contribution is 0.411. The van der Waals surface area contributed by atoms with Crippen LogP contribution in [0.5, 0.6) is 5.75 Å². The Hall–Kier alpha value is -2.10. The number of nitrogens with one attached hydrogen (secondary N) is 1. The Morgan fingerprint density at radius 3 is 2.69 bits per heavy atom. The van der Waals surface area contributed by atoms with Gasteiger partial charge in [0.1, 0.15) is 11.6 Å². The van der Waals surface area contributed by atoms with Crippen molar-refractivity contribution in [1.29, 1.82) is 0 Å². The number of rotatable bonds is 2. The third kappa shape index (κ3) is 1.95. The summed E-state index contributed by atoms with van der Waals surface area (Å²) in [6, 6.07) is 9.10. The second-order valence-electron chi connectivity index (χ2n) is 3.27. The molecule has 0 saturated carbocycles. The molecule has 1 N–H and O–H groups in total. The fraction of sp³-hybridized carbons (Fsp3) is 0.0833. The molecule has 0 saturated heterocycles. The number of pyridine rings is 1. The van der Waals surface area contributed by atoms with Crippen molar-refractivity contribution in [2.24, 2.45) is 0 Å². The smallest absolute Gasteiger partial charge is 0.248 e. The number of H-pyrrole nitrogens is 1. The molecule has 1 aromatic carbocycles. The predicted octanol–water partition coefficient (Wildman–Crippen LogP) is 2.19. The maximum absolute atomic E-state index is 13.7. The van der Waals surface area contributed by atoms with Crippen molar-refractivity contribution in [1.82, 2.24) is 4.98 Å². The van der Waals surface area contributed by atoms with E-state index < -0.39 is 5.82 Å². The van der Waals surface area contributed by atoms with Crippen LogP contribution in [0, 0.1) is 5.82 Å². The van der Waals surface area contributed by atoms with Gasteiger partial charge in [0.2, 0.25) is 5.56 Å². The molecule has 0 amide bonds. The van der Waals surface area contributed by atoms with Gasteiger partial charge in [0.25, 0.3) is 0 Å². The van der Waals surface area contributed by atoms with Crippen LogP contribution < -0.4 is 10.3 Å². The van der Waals surface area contributed by atoms with Crippen molar-refractivity contribution in [3.05, 3.63) is 52.6 Å². The molecule has 0 bridgehead atoms. The van der Waals surface area contributed by atoms with Crippen molar-refractivity contribution >= 4 is 0 Å². The first-order chi connectivity index (χ1) is 7.70. The standard InChI is InChI=1S/C12H10FNO2/c1-16-8-5-6-9(10(13)7-8)11-3-2-4-12(15)14-11/h2-7H,1H3,(H,14,15). The summed E-state index contributed by atoms with van der Waals surface area (Å²) in [5.41, 5.74) is 0.541. The summed E-state index contributed by atoms with van der Waals surface area (Å²) in [5.74, 6) is 0.0146. The molecule has 16 heavy (non-hydrogen) atoms. The van der Waals surface area contributed by atoms with E-state index >= 15 is 0 Å². The zero-order valence-corrected chi connectivity index (χ0v) is 8.66. The van der Waals surface area contributed by atoms with Crippen LogP contribution in [0.25, 0.3) is 11.3 Å². The second-order valence-corrected chi connectivity index (χ2v) is 3.27. The Labute approximate surface area is 91.5 Å². The van der Waals surface area contributed by atoms with Gasteiger partial charge in [-0.3, -0.25) is 4.79 Å². The molecule has 4 heteroatoms. The summed E-state index contributed by atoms with van der Waals surface area (Å²) in [5, 5.41) is 0. The number of hydrogen-bond acceptors (Lipinski definition) is 2. The molecule has 2 aromatic rings. The predicted molar refractivity (Wildman–Crippen MR) is 59.0 cm³/mol. The Kier molecular flexibility index (Phi) is 2.72. The Morgan fingerprint density at radius 2 is 2.06 bits per heavy atom. The van der Waals surface area contributed by atoms with Crippen LogP contribution in [0.15, 0.2) is 41.2 Å². The highest BCUT2D eigenvalue weighted by molar-refractivity contribution is 5.60. The zero-order chi connectivity index (χ0) is 11.5. The van der Waals surface area contributed by atoms with Crippen molar-refractivity contribution in [2.45, 2.75) is 0 Å². The van der Waals surface area contributed by atoms with Gasteiger partial charge in [0, 0.05) is 17.7 Å². The van der Waals surface area contributed by atoms with Crippen LogP contribution >= 0.6 is 0 Å². The minimum absolute atomic E-state index is 0.257. The van der Waals surface area contributed by atoms with E-state index in [9.17, 15) is 9.18 Å². The quantitative estimate of drug-likeness (QED) is 0.841. The van der Waals surface area contributed by atoms with Gasteiger partial charge >= 0.3 is 0 Å². The van der Waals surface area contributed by atoms with E-state index in [4.69, 9.17) is 4.74 Å². The molecule has 0 aliphatic rings. The molecule has 0 unspecified atom stereocenters. The number of hydrogen-bond donors (Lipinski definition) is 1. The van der Waals surface area contributed by atoms with Crippen LogP contribution in [0.4, 0.5) is 4.39 Å². The molecule has 0 aliphatic carbocycles. The summed E-state index contributed by atoms with van der Waals surface area (Å²) in [4.78, 5) is 13.7. The summed E-state index contributed by atoms with van der Waals surface area (Å²) >= 11 is 0. The van der Waals surface area contributed by atoms with E-state index in [1.807, 2.05) is 0 Å². The van der Waals surface area contributed by atoms with Gasteiger partial charge in [-0.2, -0.15) is 0 Å². The summed E-state index contributed by atoms with van der Waals surface area (Å²) in [6.07, 6.45) is 0. The molecule has 3 nitrogen and oxygen atoms in total. The number of methoxy groups -OCH3 is 1. The first kappa shape index (κ1) is 10.4.